The molecule has 0 aliphatic heterocycles. The SMILES string of the molecule is CCCCCCCCN(c1ccc(S(C)(=O)=O)cc1)C(F)(F)F. The molecule has 1 rings (SSSR count). The van der Waals surface area contributed by atoms with Gasteiger partial charge in [-0.05, 0) is 30.7 Å². The minimum Gasteiger partial charge on any atom is -0.284 e. The van der Waals surface area contributed by atoms with Crippen LogP contribution in [0.2, 0.25) is 0 Å². The molecule has 1 aromatic rings. The standard InChI is InChI=1S/C16H24F3NO2S/c1-3-4-5-6-7-8-13-20(16(17,18)19)14-9-11-15(12-10-14)23(2,21)22/h9-12H,3-8,13H2,1-2H3. The van der Waals surface area contributed by atoms with Gasteiger partial charge in [-0.15, -0.1) is 0 Å². The van der Waals surface area contributed by atoms with Gasteiger partial charge in [0, 0.05) is 18.5 Å². The largest absolute Gasteiger partial charge is 0.484 e. The van der Waals surface area contributed by atoms with Crippen LogP contribution in [0.15, 0.2) is 29.2 Å². The van der Waals surface area contributed by atoms with Gasteiger partial charge in [-0.3, -0.25) is 4.90 Å². The van der Waals surface area contributed by atoms with E-state index < -0.39 is 16.1 Å². The number of benzene rings is 1. The molecule has 3 nitrogen and oxygen atoms in total. The van der Waals surface area contributed by atoms with E-state index in [9.17, 15) is 21.6 Å². The molecule has 1 aromatic carbocycles. The topological polar surface area (TPSA) is 37.4 Å². The van der Waals surface area contributed by atoms with Crippen molar-refractivity contribution in [3.8, 4) is 0 Å². The Bertz CT molecular complexity index is 568. The Morgan fingerprint density at radius 1 is 0.957 bits per heavy atom. The molecule has 0 atom stereocenters. The lowest BCUT2D eigenvalue weighted by Crippen LogP contribution is -2.38. The molecule has 0 spiro atoms. The summed E-state index contributed by atoms with van der Waals surface area (Å²) in [6.07, 6.45) is 1.95. The van der Waals surface area contributed by atoms with Gasteiger partial charge in [0.15, 0.2) is 9.84 Å². The molecule has 0 fully saturated rings. The second-order valence-corrected chi connectivity index (χ2v) is 7.67. The molecular weight excluding hydrogens is 327 g/mol. The molecule has 0 aliphatic carbocycles. The highest BCUT2D eigenvalue weighted by molar-refractivity contribution is 7.90. The maximum Gasteiger partial charge on any atom is 0.484 e. The highest BCUT2D eigenvalue weighted by atomic mass is 32.2. The van der Waals surface area contributed by atoms with Gasteiger partial charge in [0.25, 0.3) is 0 Å². The van der Waals surface area contributed by atoms with Crippen molar-refractivity contribution in [2.75, 3.05) is 17.7 Å². The Morgan fingerprint density at radius 3 is 1.96 bits per heavy atom. The van der Waals surface area contributed by atoms with E-state index in [1.54, 1.807) is 0 Å². The Labute approximate surface area is 136 Å². The Morgan fingerprint density at radius 2 is 1.48 bits per heavy atom. The number of unbranched alkanes of at least 4 members (excludes halogenated alkanes) is 5. The van der Waals surface area contributed by atoms with Crippen LogP contribution in [0.1, 0.15) is 45.4 Å². The van der Waals surface area contributed by atoms with Gasteiger partial charge in [0.05, 0.1) is 4.90 Å². The predicted molar refractivity (Wildman–Crippen MR) is 86.3 cm³/mol. The van der Waals surface area contributed by atoms with Crippen molar-refractivity contribution in [1.82, 2.24) is 0 Å². The second kappa shape index (κ2) is 8.57. The number of hydrogen-bond donors (Lipinski definition) is 0. The first kappa shape index (κ1) is 19.8. The zero-order chi connectivity index (χ0) is 17.5. The van der Waals surface area contributed by atoms with E-state index in [0.717, 1.165) is 38.4 Å². The van der Waals surface area contributed by atoms with Crippen molar-refractivity contribution in [3.05, 3.63) is 24.3 Å². The minimum absolute atomic E-state index is 0.0166. The van der Waals surface area contributed by atoms with Crippen molar-refractivity contribution >= 4 is 15.5 Å². The van der Waals surface area contributed by atoms with Crippen LogP contribution < -0.4 is 4.90 Å². The summed E-state index contributed by atoms with van der Waals surface area (Å²) in [7, 11) is -3.41. The molecular formula is C16H24F3NO2S. The van der Waals surface area contributed by atoms with E-state index in [1.807, 2.05) is 0 Å². The second-order valence-electron chi connectivity index (χ2n) is 5.65. The number of nitrogens with zero attached hydrogens (tertiary/aromatic N) is 1. The lowest BCUT2D eigenvalue weighted by atomic mass is 10.1. The molecule has 132 valence electrons. The number of sulfone groups is 1. The summed E-state index contributed by atoms with van der Waals surface area (Å²) in [6.45, 7) is 1.97. The van der Waals surface area contributed by atoms with Crippen LogP contribution in [-0.4, -0.2) is 27.5 Å². The molecule has 0 aromatic heterocycles. The molecule has 0 saturated carbocycles. The smallest absolute Gasteiger partial charge is 0.284 e. The van der Waals surface area contributed by atoms with E-state index in [4.69, 9.17) is 0 Å². The van der Waals surface area contributed by atoms with Crippen LogP contribution in [0.4, 0.5) is 18.9 Å². The highest BCUT2D eigenvalue weighted by Crippen LogP contribution is 2.29. The molecule has 0 heterocycles. The first-order valence-corrected chi connectivity index (χ1v) is 9.70. The Hall–Kier alpha value is -1.24. The molecule has 0 radical (unpaired) electrons. The molecule has 0 amide bonds. The molecule has 0 aliphatic rings. The van der Waals surface area contributed by atoms with Crippen LogP contribution in [0.5, 0.6) is 0 Å². The summed E-state index contributed by atoms with van der Waals surface area (Å²) in [6, 6.07) is 4.84. The first-order valence-electron chi connectivity index (χ1n) is 7.80. The fraction of sp³-hybridized carbons (Fsp3) is 0.625. The van der Waals surface area contributed by atoms with E-state index in [0.29, 0.717) is 11.3 Å². The molecule has 7 heteroatoms. The van der Waals surface area contributed by atoms with Crippen molar-refractivity contribution in [1.29, 1.82) is 0 Å². The first-order chi connectivity index (χ1) is 10.7. The number of halogens is 3. The maximum absolute atomic E-state index is 13.2. The third-order valence-corrected chi connectivity index (χ3v) is 4.75. The fourth-order valence-electron chi connectivity index (χ4n) is 2.33. The summed E-state index contributed by atoms with van der Waals surface area (Å²) < 4.78 is 62.3. The maximum atomic E-state index is 13.2. The average molecular weight is 351 g/mol. The zero-order valence-corrected chi connectivity index (χ0v) is 14.4. The summed E-state index contributed by atoms with van der Waals surface area (Å²) in [5.74, 6) is 0. The summed E-state index contributed by atoms with van der Waals surface area (Å²) in [5, 5.41) is 0. The van der Waals surface area contributed by atoms with Crippen molar-refractivity contribution in [2.45, 2.75) is 56.6 Å². The van der Waals surface area contributed by atoms with Gasteiger partial charge in [0.1, 0.15) is 0 Å². The summed E-state index contributed by atoms with van der Waals surface area (Å²) >= 11 is 0. The van der Waals surface area contributed by atoms with Gasteiger partial charge in [-0.2, -0.15) is 13.2 Å². The number of anilines is 1. The van der Waals surface area contributed by atoms with E-state index in [-0.39, 0.29) is 17.1 Å². The van der Waals surface area contributed by atoms with Gasteiger partial charge < -0.3 is 0 Å². The van der Waals surface area contributed by atoms with Crippen LogP contribution in [0.25, 0.3) is 0 Å². The van der Waals surface area contributed by atoms with Crippen molar-refractivity contribution < 1.29 is 21.6 Å². The lowest BCUT2D eigenvalue weighted by Gasteiger charge is -2.27. The van der Waals surface area contributed by atoms with E-state index in [1.165, 1.54) is 24.3 Å². The number of rotatable bonds is 9. The third-order valence-electron chi connectivity index (χ3n) is 3.62. The Kier molecular flexibility index (Phi) is 7.38. The predicted octanol–water partition coefficient (Wildman–Crippen LogP) is 4.78. The van der Waals surface area contributed by atoms with E-state index in [2.05, 4.69) is 6.92 Å². The van der Waals surface area contributed by atoms with Gasteiger partial charge in [0.2, 0.25) is 0 Å². The zero-order valence-electron chi connectivity index (χ0n) is 13.6. The molecule has 0 N–H and O–H groups in total. The molecule has 23 heavy (non-hydrogen) atoms. The number of alkyl halides is 3. The van der Waals surface area contributed by atoms with Gasteiger partial charge in [-0.1, -0.05) is 39.0 Å². The van der Waals surface area contributed by atoms with Crippen LogP contribution in [0, 0.1) is 0 Å². The van der Waals surface area contributed by atoms with E-state index >= 15 is 0 Å². The van der Waals surface area contributed by atoms with Crippen molar-refractivity contribution in [2.24, 2.45) is 0 Å². The quantitative estimate of drug-likeness (QED) is 0.475. The van der Waals surface area contributed by atoms with Gasteiger partial charge >= 0.3 is 6.30 Å². The third kappa shape index (κ3) is 6.81. The Balaban J connectivity index is 2.71. The molecule has 0 unspecified atom stereocenters. The highest BCUT2D eigenvalue weighted by Gasteiger charge is 2.37. The van der Waals surface area contributed by atoms with Crippen molar-refractivity contribution in [3.63, 3.8) is 0 Å². The van der Waals surface area contributed by atoms with Crippen LogP contribution >= 0.6 is 0 Å². The normalized spacial score (nSPS) is 12.4. The number of hydrogen-bond acceptors (Lipinski definition) is 3. The van der Waals surface area contributed by atoms with Crippen LogP contribution in [-0.2, 0) is 9.84 Å². The molecule has 0 bridgehead atoms. The summed E-state index contributed by atoms with van der Waals surface area (Å²) in [4.78, 5) is 0.390. The minimum atomic E-state index is -4.48. The fourth-order valence-corrected chi connectivity index (χ4v) is 2.96. The average Bonchev–Trinajstić information content (AvgIpc) is 2.44. The summed E-state index contributed by atoms with van der Waals surface area (Å²) in [5.41, 5.74) is -0.0292. The van der Waals surface area contributed by atoms with Crippen LogP contribution in [0.3, 0.4) is 0 Å². The molecule has 0 saturated heterocycles. The lowest BCUT2D eigenvalue weighted by molar-refractivity contribution is -0.129. The van der Waals surface area contributed by atoms with Gasteiger partial charge in [-0.25, -0.2) is 8.42 Å². The monoisotopic (exact) mass is 351 g/mol.